The molecular weight excluding hydrogens is 280 g/mol. The minimum atomic E-state index is -0.996. The van der Waals surface area contributed by atoms with Gasteiger partial charge in [0.05, 0.1) is 18.8 Å². The molecule has 0 unspecified atom stereocenters. The lowest BCUT2D eigenvalue weighted by Gasteiger charge is -2.47. The molecule has 0 spiro atoms. The number of hydrogen-bond donors (Lipinski definition) is 1. The maximum Gasteiger partial charge on any atom is 0.329 e. The maximum atomic E-state index is 11.9. The summed E-state index contributed by atoms with van der Waals surface area (Å²) in [4.78, 5) is 29.0. The molecule has 20 heavy (non-hydrogen) atoms. The van der Waals surface area contributed by atoms with Gasteiger partial charge in [0, 0.05) is 17.3 Å². The number of ether oxygens (including phenoxy) is 1. The molecule has 108 valence electrons. The first kappa shape index (κ1) is 14.8. The van der Waals surface area contributed by atoms with Crippen molar-refractivity contribution in [3.63, 3.8) is 0 Å². The van der Waals surface area contributed by atoms with Crippen LogP contribution in [0.4, 0.5) is 0 Å². The zero-order valence-electron chi connectivity index (χ0n) is 11.1. The summed E-state index contributed by atoms with van der Waals surface area (Å²) in [6.45, 7) is 2.37. The summed E-state index contributed by atoms with van der Waals surface area (Å²) < 4.78 is 5.26. The molecule has 2 rings (SSSR count). The molecule has 1 aliphatic rings. The number of pyridine rings is 1. The van der Waals surface area contributed by atoms with E-state index in [-0.39, 0.29) is 12.5 Å². The molecule has 0 aromatic carbocycles. The third kappa shape index (κ3) is 3.94. The Morgan fingerprint density at radius 2 is 2.10 bits per heavy atom. The summed E-state index contributed by atoms with van der Waals surface area (Å²) in [5.74, 6) is -0.605. The molecule has 6 nitrogen and oxygen atoms in total. The van der Waals surface area contributed by atoms with Crippen LogP contribution in [0.2, 0.25) is 0 Å². The second-order valence-corrected chi connectivity index (χ2v) is 5.90. The van der Waals surface area contributed by atoms with Crippen LogP contribution in [0.5, 0.6) is 0 Å². The summed E-state index contributed by atoms with van der Waals surface area (Å²) in [5, 5.41) is 8.57. The zero-order chi connectivity index (χ0) is 14.6. The summed E-state index contributed by atoms with van der Waals surface area (Å²) in [6.07, 6.45) is 3.38. The molecule has 0 aliphatic carbocycles. The molecule has 1 N–H and O–H groups in total. The Morgan fingerprint density at radius 3 is 2.70 bits per heavy atom. The molecule has 7 heteroatoms. The molecule has 2 heterocycles. The molecule has 1 aromatic rings. The molecule has 0 atom stereocenters. The third-order valence-electron chi connectivity index (χ3n) is 2.96. The number of likely N-dealkylation sites (tertiary alicyclic amines) is 1. The van der Waals surface area contributed by atoms with Gasteiger partial charge in [-0.05, 0) is 19.1 Å². The van der Waals surface area contributed by atoms with E-state index in [2.05, 4.69) is 4.98 Å². The highest BCUT2D eigenvalue weighted by Crippen LogP contribution is 2.26. The topological polar surface area (TPSA) is 79.7 Å². The number of carboxylic acid groups (broad SMARTS) is 1. The standard InChI is InChI=1S/C13H16N2O4S/c1-13(19-6-12(17)18)8-15(9-13)11(16)7-20-10-2-4-14-5-3-10/h2-5H,6-9H2,1H3,(H,17,18). The number of rotatable bonds is 6. The van der Waals surface area contributed by atoms with Crippen LogP contribution in [0.1, 0.15) is 6.92 Å². The van der Waals surface area contributed by atoms with E-state index >= 15 is 0 Å². The fourth-order valence-electron chi connectivity index (χ4n) is 1.94. The van der Waals surface area contributed by atoms with E-state index in [0.717, 1.165) is 4.90 Å². The fourth-order valence-corrected chi connectivity index (χ4v) is 2.72. The van der Waals surface area contributed by atoms with Crippen molar-refractivity contribution in [3.8, 4) is 0 Å². The average molecular weight is 296 g/mol. The van der Waals surface area contributed by atoms with Gasteiger partial charge in [-0.1, -0.05) is 0 Å². The highest BCUT2D eigenvalue weighted by atomic mass is 32.2. The zero-order valence-corrected chi connectivity index (χ0v) is 11.9. The van der Waals surface area contributed by atoms with E-state index in [1.54, 1.807) is 17.3 Å². The Hall–Kier alpha value is -1.60. The van der Waals surface area contributed by atoms with E-state index in [0.29, 0.717) is 18.8 Å². The number of amides is 1. The monoisotopic (exact) mass is 296 g/mol. The highest BCUT2D eigenvalue weighted by molar-refractivity contribution is 8.00. The molecule has 1 saturated heterocycles. The van der Waals surface area contributed by atoms with Crippen molar-refractivity contribution < 1.29 is 19.4 Å². The summed E-state index contributed by atoms with van der Waals surface area (Å²) in [6, 6.07) is 3.71. The van der Waals surface area contributed by atoms with Gasteiger partial charge in [0.25, 0.3) is 0 Å². The van der Waals surface area contributed by atoms with Crippen molar-refractivity contribution in [2.24, 2.45) is 0 Å². The normalized spacial score (nSPS) is 16.6. The predicted molar refractivity (Wildman–Crippen MR) is 73.5 cm³/mol. The van der Waals surface area contributed by atoms with Crippen molar-refractivity contribution in [2.45, 2.75) is 17.4 Å². The summed E-state index contributed by atoms with van der Waals surface area (Å²) in [7, 11) is 0. The Morgan fingerprint density at radius 1 is 1.45 bits per heavy atom. The van der Waals surface area contributed by atoms with Gasteiger partial charge in [0.1, 0.15) is 12.2 Å². The molecular formula is C13H16N2O4S. The number of carbonyl (C=O) groups excluding carboxylic acids is 1. The average Bonchev–Trinajstić information content (AvgIpc) is 2.40. The molecule has 1 amide bonds. The largest absolute Gasteiger partial charge is 0.480 e. The fraction of sp³-hybridized carbons (Fsp3) is 0.462. The number of carboxylic acids is 1. The van der Waals surface area contributed by atoms with Crippen LogP contribution in [-0.2, 0) is 14.3 Å². The van der Waals surface area contributed by atoms with Crippen molar-refractivity contribution in [1.82, 2.24) is 9.88 Å². The van der Waals surface area contributed by atoms with Crippen LogP contribution < -0.4 is 0 Å². The quantitative estimate of drug-likeness (QED) is 0.785. The van der Waals surface area contributed by atoms with Crippen LogP contribution in [0.25, 0.3) is 0 Å². The number of nitrogens with zero attached hydrogens (tertiary/aromatic N) is 2. The minimum absolute atomic E-state index is 0.0308. The number of hydrogen-bond acceptors (Lipinski definition) is 5. The van der Waals surface area contributed by atoms with Crippen LogP contribution in [0, 0.1) is 0 Å². The van der Waals surface area contributed by atoms with Crippen molar-refractivity contribution in [2.75, 3.05) is 25.4 Å². The molecule has 1 fully saturated rings. The van der Waals surface area contributed by atoms with E-state index in [1.165, 1.54) is 11.8 Å². The Kier molecular flexibility index (Phi) is 4.61. The highest BCUT2D eigenvalue weighted by Gasteiger charge is 2.42. The van der Waals surface area contributed by atoms with Gasteiger partial charge < -0.3 is 14.7 Å². The van der Waals surface area contributed by atoms with Gasteiger partial charge in [-0.3, -0.25) is 9.78 Å². The lowest BCUT2D eigenvalue weighted by atomic mass is 9.96. The van der Waals surface area contributed by atoms with Crippen LogP contribution in [-0.4, -0.2) is 57.9 Å². The molecule has 0 saturated carbocycles. The second kappa shape index (κ2) is 6.23. The molecule has 0 bridgehead atoms. The van der Waals surface area contributed by atoms with Gasteiger partial charge in [-0.15, -0.1) is 11.8 Å². The van der Waals surface area contributed by atoms with E-state index < -0.39 is 11.6 Å². The maximum absolute atomic E-state index is 11.9. The predicted octanol–water partition coefficient (Wildman–Crippen LogP) is 0.876. The van der Waals surface area contributed by atoms with E-state index in [4.69, 9.17) is 9.84 Å². The Bertz CT molecular complexity index is 488. The van der Waals surface area contributed by atoms with Crippen molar-refractivity contribution in [3.05, 3.63) is 24.5 Å². The lowest BCUT2D eigenvalue weighted by molar-refractivity contribution is -0.171. The van der Waals surface area contributed by atoms with E-state index in [1.807, 2.05) is 19.1 Å². The van der Waals surface area contributed by atoms with Gasteiger partial charge in [0.2, 0.25) is 5.91 Å². The second-order valence-electron chi connectivity index (χ2n) is 4.85. The molecule has 1 aromatic heterocycles. The number of thioether (sulfide) groups is 1. The first-order valence-corrected chi connectivity index (χ1v) is 7.13. The van der Waals surface area contributed by atoms with Gasteiger partial charge in [-0.2, -0.15) is 0 Å². The SMILES string of the molecule is CC1(OCC(=O)O)CN(C(=O)CSc2ccncc2)C1. The number of aliphatic carboxylic acids is 1. The Balaban J connectivity index is 1.72. The Labute approximate surface area is 121 Å². The van der Waals surface area contributed by atoms with E-state index in [9.17, 15) is 9.59 Å². The molecule has 1 aliphatic heterocycles. The van der Waals surface area contributed by atoms with Crippen molar-refractivity contribution in [1.29, 1.82) is 0 Å². The third-order valence-corrected chi connectivity index (χ3v) is 3.96. The van der Waals surface area contributed by atoms with Crippen LogP contribution >= 0.6 is 11.8 Å². The van der Waals surface area contributed by atoms with Crippen molar-refractivity contribution >= 4 is 23.6 Å². The van der Waals surface area contributed by atoms with Crippen LogP contribution in [0.3, 0.4) is 0 Å². The summed E-state index contributed by atoms with van der Waals surface area (Å²) in [5.41, 5.74) is -0.532. The lowest BCUT2D eigenvalue weighted by Crippen LogP contribution is -2.63. The molecule has 0 radical (unpaired) electrons. The summed E-state index contributed by atoms with van der Waals surface area (Å²) >= 11 is 1.46. The first-order valence-electron chi connectivity index (χ1n) is 6.15. The smallest absolute Gasteiger partial charge is 0.329 e. The first-order chi connectivity index (χ1) is 9.48. The number of carbonyl (C=O) groups is 2. The van der Waals surface area contributed by atoms with Crippen LogP contribution in [0.15, 0.2) is 29.4 Å². The number of aromatic nitrogens is 1. The minimum Gasteiger partial charge on any atom is -0.480 e. The van der Waals surface area contributed by atoms with Gasteiger partial charge in [0.15, 0.2) is 0 Å². The van der Waals surface area contributed by atoms with Gasteiger partial charge >= 0.3 is 5.97 Å². The van der Waals surface area contributed by atoms with Gasteiger partial charge in [-0.25, -0.2) is 4.79 Å².